The molecule has 0 aromatic carbocycles. The number of likely N-dealkylation sites (N-methyl/N-ethyl adjacent to an activating group) is 2. The molecule has 1 saturated heterocycles. The van der Waals surface area contributed by atoms with E-state index < -0.39 is 6.04 Å². The van der Waals surface area contributed by atoms with Gasteiger partial charge in [0.15, 0.2) is 0 Å². The van der Waals surface area contributed by atoms with E-state index in [2.05, 4.69) is 10.6 Å². The molecule has 1 unspecified atom stereocenters. The van der Waals surface area contributed by atoms with Crippen molar-refractivity contribution in [1.29, 1.82) is 0 Å². The van der Waals surface area contributed by atoms with E-state index in [1.54, 1.807) is 11.9 Å². The van der Waals surface area contributed by atoms with Crippen molar-refractivity contribution < 1.29 is 14.4 Å². The average molecular weight is 324 g/mol. The lowest BCUT2D eigenvalue weighted by Gasteiger charge is -2.30. The SMILES string of the molecule is CC.CCCN(C)C1=C(NC)CN(C2CCC(=O)NC2=O)C1=O. The molecular weight excluding hydrogens is 296 g/mol. The van der Waals surface area contributed by atoms with Crippen LogP contribution in [0.3, 0.4) is 0 Å². The van der Waals surface area contributed by atoms with E-state index in [9.17, 15) is 14.4 Å². The predicted molar refractivity (Wildman–Crippen MR) is 88.2 cm³/mol. The van der Waals surface area contributed by atoms with E-state index in [0.717, 1.165) is 18.7 Å². The molecule has 7 nitrogen and oxygen atoms in total. The smallest absolute Gasteiger partial charge is 0.273 e. The van der Waals surface area contributed by atoms with Crippen molar-refractivity contribution >= 4 is 17.7 Å². The van der Waals surface area contributed by atoms with Crippen LogP contribution in [0.1, 0.15) is 40.0 Å². The fourth-order valence-electron chi connectivity index (χ4n) is 2.85. The third-order valence-corrected chi connectivity index (χ3v) is 3.91. The van der Waals surface area contributed by atoms with Crippen molar-refractivity contribution in [3.8, 4) is 0 Å². The van der Waals surface area contributed by atoms with Crippen molar-refractivity contribution in [2.75, 3.05) is 27.2 Å². The molecule has 2 N–H and O–H groups in total. The molecule has 0 aliphatic carbocycles. The standard InChI is InChI=1S/C14H22N4O3.C2H6/c1-4-7-17(3)12-9(15-2)8-18(14(12)21)10-5-6-11(19)16-13(10)20;1-2/h10,15H,4-8H2,1-3H3,(H,16,19,20);1-2H3. The molecule has 0 aromatic rings. The second-order valence-electron chi connectivity index (χ2n) is 5.40. The fourth-order valence-corrected chi connectivity index (χ4v) is 2.85. The molecule has 23 heavy (non-hydrogen) atoms. The lowest BCUT2D eigenvalue weighted by Crippen LogP contribution is -2.53. The molecule has 1 atom stereocenters. The highest BCUT2D eigenvalue weighted by Gasteiger charge is 2.41. The van der Waals surface area contributed by atoms with E-state index in [4.69, 9.17) is 0 Å². The minimum Gasteiger partial charge on any atom is -0.388 e. The number of hydrogen-bond acceptors (Lipinski definition) is 5. The van der Waals surface area contributed by atoms with Crippen molar-refractivity contribution in [2.45, 2.75) is 46.1 Å². The molecule has 130 valence electrons. The maximum Gasteiger partial charge on any atom is 0.273 e. The van der Waals surface area contributed by atoms with Gasteiger partial charge in [0.2, 0.25) is 11.8 Å². The molecule has 0 bridgehead atoms. The van der Waals surface area contributed by atoms with Gasteiger partial charge in [0.05, 0.1) is 12.2 Å². The fraction of sp³-hybridized carbons (Fsp3) is 0.688. The molecule has 3 amide bonds. The summed E-state index contributed by atoms with van der Waals surface area (Å²) in [7, 11) is 3.65. The van der Waals surface area contributed by atoms with Crippen LogP contribution < -0.4 is 10.6 Å². The summed E-state index contributed by atoms with van der Waals surface area (Å²) in [4.78, 5) is 39.3. The Morgan fingerprint density at radius 2 is 1.96 bits per heavy atom. The number of piperidine rings is 1. The van der Waals surface area contributed by atoms with E-state index in [-0.39, 0.29) is 24.1 Å². The predicted octanol–water partition coefficient (Wildman–Crippen LogP) is 0.433. The first-order valence-corrected chi connectivity index (χ1v) is 8.26. The molecule has 0 aromatic heterocycles. The van der Waals surface area contributed by atoms with Crippen LogP contribution in [0, 0.1) is 0 Å². The Kier molecular flexibility index (Phi) is 7.06. The third kappa shape index (κ3) is 4.03. The number of carbonyl (C=O) groups is 3. The van der Waals surface area contributed by atoms with E-state index in [1.807, 2.05) is 32.7 Å². The Bertz CT molecular complexity index is 502. The monoisotopic (exact) mass is 324 g/mol. The van der Waals surface area contributed by atoms with Crippen LogP contribution in [0.2, 0.25) is 0 Å². The van der Waals surface area contributed by atoms with Crippen LogP contribution >= 0.6 is 0 Å². The lowest BCUT2D eigenvalue weighted by atomic mass is 10.0. The first-order chi connectivity index (χ1) is 11.0. The highest BCUT2D eigenvalue weighted by atomic mass is 16.2. The molecule has 0 saturated carbocycles. The molecule has 1 fully saturated rings. The van der Waals surface area contributed by atoms with E-state index >= 15 is 0 Å². The Morgan fingerprint density at radius 1 is 1.30 bits per heavy atom. The summed E-state index contributed by atoms with van der Waals surface area (Å²) in [6.45, 7) is 7.20. The zero-order chi connectivity index (χ0) is 17.6. The number of hydrogen-bond donors (Lipinski definition) is 2. The van der Waals surface area contributed by atoms with Crippen molar-refractivity contribution in [3.05, 3.63) is 11.4 Å². The number of nitrogens with zero attached hydrogens (tertiary/aromatic N) is 2. The molecule has 2 rings (SSSR count). The van der Waals surface area contributed by atoms with Gasteiger partial charge in [-0.05, 0) is 12.8 Å². The lowest BCUT2D eigenvalue weighted by molar-refractivity contribution is -0.143. The number of rotatable bonds is 5. The zero-order valence-corrected chi connectivity index (χ0v) is 14.7. The van der Waals surface area contributed by atoms with Gasteiger partial charge in [0.1, 0.15) is 11.7 Å². The summed E-state index contributed by atoms with van der Waals surface area (Å²) >= 11 is 0. The summed E-state index contributed by atoms with van der Waals surface area (Å²) < 4.78 is 0. The highest BCUT2D eigenvalue weighted by molar-refractivity contribution is 6.04. The minimum absolute atomic E-state index is 0.148. The highest BCUT2D eigenvalue weighted by Crippen LogP contribution is 2.25. The van der Waals surface area contributed by atoms with Gasteiger partial charge in [-0.1, -0.05) is 20.8 Å². The van der Waals surface area contributed by atoms with Gasteiger partial charge in [0, 0.05) is 27.1 Å². The van der Waals surface area contributed by atoms with Gasteiger partial charge in [0.25, 0.3) is 5.91 Å². The van der Waals surface area contributed by atoms with Gasteiger partial charge in [-0.15, -0.1) is 0 Å². The topological polar surface area (TPSA) is 81.8 Å². The molecule has 2 heterocycles. The average Bonchev–Trinajstić information content (AvgIpc) is 2.86. The van der Waals surface area contributed by atoms with Gasteiger partial charge < -0.3 is 15.1 Å². The van der Waals surface area contributed by atoms with Crippen LogP contribution in [-0.4, -0.2) is 60.7 Å². The summed E-state index contributed by atoms with van der Waals surface area (Å²) in [5.41, 5.74) is 1.43. The molecule has 0 spiro atoms. The van der Waals surface area contributed by atoms with Gasteiger partial charge in [-0.25, -0.2) is 0 Å². The Hall–Kier alpha value is -2.05. The van der Waals surface area contributed by atoms with Crippen LogP contribution in [-0.2, 0) is 14.4 Å². The molecule has 2 aliphatic heterocycles. The molecule has 0 radical (unpaired) electrons. The van der Waals surface area contributed by atoms with Crippen LogP contribution in [0.4, 0.5) is 0 Å². The molecule has 2 aliphatic rings. The first-order valence-electron chi connectivity index (χ1n) is 8.26. The molecule has 7 heteroatoms. The zero-order valence-electron chi connectivity index (χ0n) is 14.7. The Balaban J connectivity index is 0.00000127. The Labute approximate surface area is 138 Å². The first kappa shape index (κ1) is 19.0. The summed E-state index contributed by atoms with van der Waals surface area (Å²) in [6, 6.07) is -0.564. The summed E-state index contributed by atoms with van der Waals surface area (Å²) in [5, 5.41) is 5.36. The number of nitrogens with one attached hydrogen (secondary N) is 2. The van der Waals surface area contributed by atoms with Crippen LogP contribution in [0.25, 0.3) is 0 Å². The van der Waals surface area contributed by atoms with Gasteiger partial charge in [-0.2, -0.15) is 0 Å². The third-order valence-electron chi connectivity index (χ3n) is 3.91. The Morgan fingerprint density at radius 3 is 2.48 bits per heavy atom. The van der Waals surface area contributed by atoms with Crippen LogP contribution in [0.15, 0.2) is 11.4 Å². The second kappa shape index (κ2) is 8.55. The molecular formula is C16H28N4O3. The second-order valence-corrected chi connectivity index (χ2v) is 5.40. The van der Waals surface area contributed by atoms with Crippen LogP contribution in [0.5, 0.6) is 0 Å². The van der Waals surface area contributed by atoms with Gasteiger partial charge >= 0.3 is 0 Å². The number of imide groups is 1. The van der Waals surface area contributed by atoms with Crippen molar-refractivity contribution in [1.82, 2.24) is 20.4 Å². The summed E-state index contributed by atoms with van der Waals surface area (Å²) in [5.74, 6) is -0.799. The van der Waals surface area contributed by atoms with Crippen molar-refractivity contribution in [2.24, 2.45) is 0 Å². The maximum atomic E-state index is 12.6. The summed E-state index contributed by atoms with van der Waals surface area (Å²) in [6.07, 6.45) is 1.59. The normalized spacial score (nSPS) is 21.0. The quantitative estimate of drug-likeness (QED) is 0.717. The van der Waals surface area contributed by atoms with E-state index in [1.165, 1.54) is 0 Å². The largest absolute Gasteiger partial charge is 0.388 e. The number of carbonyl (C=O) groups excluding carboxylic acids is 3. The van der Waals surface area contributed by atoms with Crippen molar-refractivity contribution in [3.63, 3.8) is 0 Å². The van der Waals surface area contributed by atoms with E-state index in [0.29, 0.717) is 18.7 Å². The number of amides is 3. The minimum atomic E-state index is -0.564. The van der Waals surface area contributed by atoms with Gasteiger partial charge in [-0.3, -0.25) is 19.7 Å². The maximum absolute atomic E-state index is 12.6.